The number of aromatic nitrogens is 1. The van der Waals surface area contributed by atoms with E-state index in [4.69, 9.17) is 0 Å². The molecule has 2 atom stereocenters. The summed E-state index contributed by atoms with van der Waals surface area (Å²) >= 11 is 0. The van der Waals surface area contributed by atoms with Crippen LogP contribution in [-0.2, 0) is 0 Å². The Morgan fingerprint density at radius 1 is 0.310 bits per heavy atom. The van der Waals surface area contributed by atoms with Crippen molar-refractivity contribution in [2.24, 2.45) is 0 Å². The van der Waals surface area contributed by atoms with Crippen LogP contribution in [-0.4, -0.2) is 4.57 Å². The topological polar surface area (TPSA) is 4.93 Å². The zero-order valence-corrected chi connectivity index (χ0v) is 32.2. The summed E-state index contributed by atoms with van der Waals surface area (Å²) in [4.78, 5) is 0. The van der Waals surface area contributed by atoms with E-state index in [1.807, 2.05) is 0 Å². The van der Waals surface area contributed by atoms with Crippen molar-refractivity contribution in [3.05, 3.63) is 223 Å². The van der Waals surface area contributed by atoms with Crippen molar-refractivity contribution in [1.82, 2.24) is 4.57 Å². The van der Waals surface area contributed by atoms with E-state index in [0.29, 0.717) is 5.92 Å². The van der Waals surface area contributed by atoms with Crippen LogP contribution in [0.1, 0.15) is 35.4 Å². The van der Waals surface area contributed by atoms with Gasteiger partial charge in [-0.25, -0.2) is 0 Å². The average molecular weight is 738 g/mol. The number of hydrogen-bond donors (Lipinski definition) is 0. The van der Waals surface area contributed by atoms with Gasteiger partial charge >= 0.3 is 0 Å². The van der Waals surface area contributed by atoms with Crippen molar-refractivity contribution in [3.8, 4) is 39.1 Å². The Kier molecular flexibility index (Phi) is 7.34. The second-order valence-electron chi connectivity index (χ2n) is 16.0. The molecule has 0 N–H and O–H groups in total. The highest BCUT2D eigenvalue weighted by molar-refractivity contribution is 6.25. The fourth-order valence-corrected chi connectivity index (χ4v) is 10.4. The van der Waals surface area contributed by atoms with E-state index < -0.39 is 0 Å². The second-order valence-corrected chi connectivity index (χ2v) is 16.0. The molecule has 12 rings (SSSR count). The highest BCUT2D eigenvalue weighted by Gasteiger charge is 2.33. The van der Waals surface area contributed by atoms with Gasteiger partial charge in [0.2, 0.25) is 0 Å². The van der Waals surface area contributed by atoms with Crippen LogP contribution in [0.4, 0.5) is 0 Å². The second kappa shape index (κ2) is 12.9. The van der Waals surface area contributed by atoms with Crippen molar-refractivity contribution >= 4 is 54.1 Å². The summed E-state index contributed by atoms with van der Waals surface area (Å²) in [6.07, 6.45) is 0. The van der Waals surface area contributed by atoms with Crippen molar-refractivity contribution in [1.29, 1.82) is 0 Å². The molecular weight excluding hydrogens is 699 g/mol. The number of rotatable bonds is 4. The molecule has 10 aromatic carbocycles. The lowest BCUT2D eigenvalue weighted by atomic mass is 9.68. The van der Waals surface area contributed by atoms with Crippen LogP contribution in [0.3, 0.4) is 0 Å². The van der Waals surface area contributed by atoms with E-state index >= 15 is 0 Å². The van der Waals surface area contributed by atoms with Gasteiger partial charge in [0.1, 0.15) is 0 Å². The van der Waals surface area contributed by atoms with Crippen molar-refractivity contribution in [3.63, 3.8) is 0 Å². The summed E-state index contributed by atoms with van der Waals surface area (Å²) in [5, 5.41) is 10.3. The van der Waals surface area contributed by atoms with Crippen LogP contribution >= 0.6 is 0 Å². The Balaban J connectivity index is 0.995. The highest BCUT2D eigenvalue weighted by atomic mass is 15.0. The molecule has 1 aliphatic rings. The van der Waals surface area contributed by atoms with Gasteiger partial charge in [0, 0.05) is 22.4 Å². The van der Waals surface area contributed by atoms with Crippen molar-refractivity contribution in [2.45, 2.75) is 18.8 Å². The smallest absolute Gasteiger partial charge is 0.0541 e. The summed E-state index contributed by atoms with van der Waals surface area (Å²) in [6, 6.07) is 76.8. The molecule has 1 aromatic heterocycles. The van der Waals surface area contributed by atoms with E-state index in [1.165, 1.54) is 110 Å². The van der Waals surface area contributed by atoms with Crippen LogP contribution < -0.4 is 0 Å². The van der Waals surface area contributed by atoms with Crippen LogP contribution in [0.2, 0.25) is 0 Å². The molecule has 0 radical (unpaired) electrons. The van der Waals surface area contributed by atoms with E-state index in [1.54, 1.807) is 0 Å². The molecule has 58 heavy (non-hydrogen) atoms. The Morgan fingerprint density at radius 3 is 1.59 bits per heavy atom. The van der Waals surface area contributed by atoms with Gasteiger partial charge < -0.3 is 4.57 Å². The molecule has 0 saturated heterocycles. The SMILES string of the molecule is CC1c2ccc(-c3ccc4c(c3)c3ccccc3n4-c3ccc4c5ccccc5c5ccccc5c4c3)cc2-c2ccccc2C1c1ccccc1-c1ccccc1. The summed E-state index contributed by atoms with van der Waals surface area (Å²) in [5.41, 5.74) is 15.5. The Labute approximate surface area is 338 Å². The lowest BCUT2D eigenvalue weighted by Gasteiger charge is -2.35. The van der Waals surface area contributed by atoms with Crippen molar-refractivity contribution in [2.75, 3.05) is 0 Å². The van der Waals surface area contributed by atoms with Gasteiger partial charge in [0.25, 0.3) is 0 Å². The van der Waals surface area contributed by atoms with Crippen molar-refractivity contribution < 1.29 is 0 Å². The highest BCUT2D eigenvalue weighted by Crippen LogP contribution is 2.52. The first-order valence-corrected chi connectivity index (χ1v) is 20.5. The number of para-hydroxylation sites is 1. The maximum Gasteiger partial charge on any atom is 0.0541 e. The lowest BCUT2D eigenvalue weighted by Crippen LogP contribution is -2.17. The van der Waals surface area contributed by atoms with Crippen LogP contribution in [0.25, 0.3) is 93.2 Å². The standard InChI is InChI=1S/C57H39N/c1-36-41-30-27-38(33-52(41)47-22-10-12-25-51(47)57(36)50-24-11-5-17-42(50)37-15-3-2-4-16-37)39-28-32-56-54(34-39)49-23-13-14-26-55(49)58(56)40-29-31-48-45-20-7-6-18-43(45)44-19-8-9-21-46(44)53(48)35-40/h2-36,57H,1H3. The summed E-state index contributed by atoms with van der Waals surface area (Å²) in [5.74, 6) is 0.557. The Hall–Kier alpha value is -7.22. The minimum Gasteiger partial charge on any atom is -0.309 e. The first-order valence-electron chi connectivity index (χ1n) is 20.5. The van der Waals surface area contributed by atoms with Gasteiger partial charge in [-0.3, -0.25) is 0 Å². The quantitative estimate of drug-likeness (QED) is 0.159. The van der Waals surface area contributed by atoms with Crippen LogP contribution in [0.5, 0.6) is 0 Å². The molecule has 0 aliphatic heterocycles. The third-order valence-corrected chi connectivity index (χ3v) is 13.0. The molecule has 1 nitrogen and oxygen atoms in total. The minimum absolute atomic E-state index is 0.250. The van der Waals surface area contributed by atoms with Crippen LogP contribution in [0, 0.1) is 0 Å². The van der Waals surface area contributed by atoms with Gasteiger partial charge in [-0.2, -0.15) is 0 Å². The van der Waals surface area contributed by atoms with E-state index in [9.17, 15) is 0 Å². The summed E-state index contributed by atoms with van der Waals surface area (Å²) in [7, 11) is 0. The first kappa shape index (κ1) is 33.0. The molecule has 2 unspecified atom stereocenters. The van der Waals surface area contributed by atoms with E-state index in [-0.39, 0.29) is 5.92 Å². The van der Waals surface area contributed by atoms with Crippen LogP contribution in [0.15, 0.2) is 206 Å². The van der Waals surface area contributed by atoms with Gasteiger partial charge in [-0.05, 0) is 125 Å². The fourth-order valence-electron chi connectivity index (χ4n) is 10.4. The molecule has 0 fully saturated rings. The zero-order valence-electron chi connectivity index (χ0n) is 32.2. The molecule has 0 saturated carbocycles. The predicted molar refractivity (Wildman–Crippen MR) is 246 cm³/mol. The Morgan fingerprint density at radius 2 is 0.845 bits per heavy atom. The normalized spacial score (nSPS) is 15.0. The maximum absolute atomic E-state index is 2.45. The fraction of sp³-hybridized carbons (Fsp3) is 0.0526. The summed E-state index contributed by atoms with van der Waals surface area (Å²) < 4.78 is 2.45. The molecule has 11 aromatic rings. The molecular formula is C57H39N. The summed E-state index contributed by atoms with van der Waals surface area (Å²) in [6.45, 7) is 2.42. The molecule has 0 spiro atoms. The first-order chi connectivity index (χ1) is 28.7. The van der Waals surface area contributed by atoms with Gasteiger partial charge in [0.05, 0.1) is 11.0 Å². The molecule has 0 bridgehead atoms. The average Bonchev–Trinajstić information content (AvgIpc) is 3.63. The zero-order chi connectivity index (χ0) is 38.3. The third kappa shape index (κ3) is 4.90. The molecule has 1 heteroatoms. The Bertz CT molecular complexity index is 3390. The molecule has 1 aliphatic carbocycles. The predicted octanol–water partition coefficient (Wildman–Crippen LogP) is 15.5. The van der Waals surface area contributed by atoms with E-state index in [2.05, 4.69) is 218 Å². The number of nitrogens with zero attached hydrogens (tertiary/aromatic N) is 1. The van der Waals surface area contributed by atoms with Gasteiger partial charge in [-0.15, -0.1) is 0 Å². The molecule has 1 heterocycles. The lowest BCUT2D eigenvalue weighted by molar-refractivity contribution is 0.651. The maximum atomic E-state index is 2.45. The van der Waals surface area contributed by atoms with Gasteiger partial charge in [0.15, 0.2) is 0 Å². The number of hydrogen-bond acceptors (Lipinski definition) is 0. The van der Waals surface area contributed by atoms with E-state index in [0.717, 1.165) is 0 Å². The molecule has 272 valence electrons. The number of fused-ring (bicyclic) bond motifs is 12. The minimum atomic E-state index is 0.250. The third-order valence-electron chi connectivity index (χ3n) is 13.0. The number of benzene rings is 10. The van der Waals surface area contributed by atoms with Gasteiger partial charge in [-0.1, -0.05) is 177 Å². The molecule has 0 amide bonds. The largest absolute Gasteiger partial charge is 0.309 e. The monoisotopic (exact) mass is 737 g/mol.